The summed E-state index contributed by atoms with van der Waals surface area (Å²) in [6.07, 6.45) is 0. The lowest BCUT2D eigenvalue weighted by Crippen LogP contribution is -2.34. The van der Waals surface area contributed by atoms with Crippen LogP contribution in [-0.4, -0.2) is 34.2 Å². The van der Waals surface area contributed by atoms with Crippen LogP contribution in [0.5, 0.6) is 0 Å². The van der Waals surface area contributed by atoms with Gasteiger partial charge < -0.3 is 9.84 Å². The van der Waals surface area contributed by atoms with Crippen molar-refractivity contribution in [2.45, 2.75) is 18.9 Å². The molecule has 2 unspecified atom stereocenters. The molecule has 1 saturated heterocycles. The molecule has 0 saturated carbocycles. The number of nitrogens with zero attached hydrogens (tertiary/aromatic N) is 2. The number of hydrogen-bond acceptors (Lipinski definition) is 5. The minimum atomic E-state index is 0.300. The van der Waals surface area contributed by atoms with E-state index in [-0.39, 0.29) is 0 Å². The zero-order valence-electron chi connectivity index (χ0n) is 11.2. The number of nitrogens with one attached hydrogen (secondary N) is 1. The van der Waals surface area contributed by atoms with Crippen molar-refractivity contribution in [3.05, 3.63) is 35.2 Å². The van der Waals surface area contributed by atoms with Crippen LogP contribution < -0.4 is 5.32 Å². The summed E-state index contributed by atoms with van der Waals surface area (Å²) in [4.78, 5) is 4.55. The van der Waals surface area contributed by atoms with Gasteiger partial charge in [0.15, 0.2) is 0 Å². The van der Waals surface area contributed by atoms with Crippen molar-refractivity contribution >= 4 is 23.4 Å². The van der Waals surface area contributed by atoms with Crippen LogP contribution in [0.1, 0.15) is 18.7 Å². The standard InChI is InChI=1S/C14H16ClN3OS/c1-2-16-12-8-20-7-11(12)14-17-13(18-19-14)9-3-5-10(15)6-4-9/h3-6,11-12,16H,2,7-8H2,1H3. The maximum absolute atomic E-state index is 5.89. The van der Waals surface area contributed by atoms with E-state index in [2.05, 4.69) is 22.4 Å². The molecular weight excluding hydrogens is 294 g/mol. The van der Waals surface area contributed by atoms with E-state index in [1.807, 2.05) is 36.0 Å². The topological polar surface area (TPSA) is 51.0 Å². The molecule has 1 aliphatic heterocycles. The van der Waals surface area contributed by atoms with E-state index >= 15 is 0 Å². The lowest BCUT2D eigenvalue weighted by Gasteiger charge is -2.15. The van der Waals surface area contributed by atoms with Gasteiger partial charge in [0.1, 0.15) is 0 Å². The third kappa shape index (κ3) is 2.85. The molecule has 2 heterocycles. The van der Waals surface area contributed by atoms with Gasteiger partial charge in [-0.3, -0.25) is 0 Å². The molecule has 2 atom stereocenters. The summed E-state index contributed by atoms with van der Waals surface area (Å²) in [7, 11) is 0. The van der Waals surface area contributed by atoms with E-state index in [0.717, 1.165) is 29.5 Å². The summed E-state index contributed by atoms with van der Waals surface area (Å²) < 4.78 is 5.46. The smallest absolute Gasteiger partial charge is 0.232 e. The first-order valence-electron chi connectivity index (χ1n) is 6.68. The molecule has 1 aliphatic rings. The van der Waals surface area contributed by atoms with Crippen LogP contribution in [0.3, 0.4) is 0 Å². The van der Waals surface area contributed by atoms with Gasteiger partial charge in [0.2, 0.25) is 11.7 Å². The van der Waals surface area contributed by atoms with Crippen molar-refractivity contribution in [1.29, 1.82) is 0 Å². The van der Waals surface area contributed by atoms with Crippen molar-refractivity contribution in [2.24, 2.45) is 0 Å². The Hall–Kier alpha value is -1.04. The molecule has 2 aromatic rings. The van der Waals surface area contributed by atoms with Gasteiger partial charge in [-0.25, -0.2) is 0 Å². The van der Waals surface area contributed by atoms with Crippen LogP contribution in [0.4, 0.5) is 0 Å². The first-order valence-corrected chi connectivity index (χ1v) is 8.22. The van der Waals surface area contributed by atoms with Gasteiger partial charge in [-0.1, -0.05) is 23.7 Å². The third-order valence-electron chi connectivity index (χ3n) is 3.41. The number of hydrogen-bond donors (Lipinski definition) is 1. The van der Waals surface area contributed by atoms with Gasteiger partial charge in [0.05, 0.1) is 5.92 Å². The Morgan fingerprint density at radius 2 is 2.15 bits per heavy atom. The summed E-state index contributed by atoms with van der Waals surface area (Å²) in [5, 5.41) is 8.28. The average molecular weight is 310 g/mol. The minimum Gasteiger partial charge on any atom is -0.339 e. The second-order valence-electron chi connectivity index (χ2n) is 4.77. The van der Waals surface area contributed by atoms with E-state index in [9.17, 15) is 0 Å². The predicted octanol–water partition coefficient (Wildman–Crippen LogP) is 3.20. The molecule has 106 valence electrons. The Morgan fingerprint density at radius 3 is 2.90 bits per heavy atom. The average Bonchev–Trinajstić information content (AvgIpc) is 3.08. The SMILES string of the molecule is CCNC1CSCC1c1nc(-c2ccc(Cl)cc2)no1. The van der Waals surface area contributed by atoms with Gasteiger partial charge in [-0.2, -0.15) is 16.7 Å². The molecule has 1 N–H and O–H groups in total. The molecule has 20 heavy (non-hydrogen) atoms. The number of halogens is 1. The van der Waals surface area contributed by atoms with Crippen LogP contribution in [0.2, 0.25) is 5.02 Å². The monoisotopic (exact) mass is 309 g/mol. The zero-order valence-corrected chi connectivity index (χ0v) is 12.7. The van der Waals surface area contributed by atoms with Crippen LogP contribution >= 0.6 is 23.4 Å². The minimum absolute atomic E-state index is 0.300. The van der Waals surface area contributed by atoms with Crippen LogP contribution in [-0.2, 0) is 0 Å². The number of benzene rings is 1. The van der Waals surface area contributed by atoms with Gasteiger partial charge in [-0.15, -0.1) is 0 Å². The quantitative estimate of drug-likeness (QED) is 0.940. The summed E-state index contributed by atoms with van der Waals surface area (Å²) in [6, 6.07) is 7.90. The number of likely N-dealkylation sites (N-methyl/N-ethyl adjacent to an activating group) is 1. The Morgan fingerprint density at radius 1 is 1.35 bits per heavy atom. The second kappa shape index (κ2) is 6.16. The first-order chi connectivity index (χ1) is 9.78. The van der Waals surface area contributed by atoms with Crippen molar-refractivity contribution in [3.63, 3.8) is 0 Å². The fourth-order valence-corrected chi connectivity index (χ4v) is 3.86. The highest BCUT2D eigenvalue weighted by Crippen LogP contribution is 2.33. The second-order valence-corrected chi connectivity index (χ2v) is 6.28. The first kappa shape index (κ1) is 13.9. The Kier molecular flexibility index (Phi) is 4.29. The predicted molar refractivity (Wildman–Crippen MR) is 82.3 cm³/mol. The highest BCUT2D eigenvalue weighted by Gasteiger charge is 2.32. The summed E-state index contributed by atoms with van der Waals surface area (Å²) in [6.45, 7) is 3.08. The molecule has 0 radical (unpaired) electrons. The molecule has 0 bridgehead atoms. The third-order valence-corrected chi connectivity index (χ3v) is 4.85. The molecule has 0 aliphatic carbocycles. The lowest BCUT2D eigenvalue weighted by atomic mass is 10.0. The Bertz CT molecular complexity index is 572. The van der Waals surface area contributed by atoms with E-state index in [0.29, 0.717) is 22.8 Å². The van der Waals surface area contributed by atoms with E-state index < -0.39 is 0 Å². The largest absolute Gasteiger partial charge is 0.339 e. The van der Waals surface area contributed by atoms with Gasteiger partial charge in [0.25, 0.3) is 0 Å². The number of rotatable bonds is 4. The summed E-state index contributed by atoms with van der Waals surface area (Å²) in [5.74, 6) is 3.78. The van der Waals surface area contributed by atoms with Crippen molar-refractivity contribution in [2.75, 3.05) is 18.1 Å². The van der Waals surface area contributed by atoms with Gasteiger partial charge in [0, 0.05) is 28.1 Å². The zero-order chi connectivity index (χ0) is 13.9. The Balaban J connectivity index is 1.81. The highest BCUT2D eigenvalue weighted by molar-refractivity contribution is 7.99. The molecule has 6 heteroatoms. The summed E-state index contributed by atoms with van der Waals surface area (Å²) in [5.41, 5.74) is 0.926. The van der Waals surface area contributed by atoms with Gasteiger partial charge in [-0.05, 0) is 30.8 Å². The van der Waals surface area contributed by atoms with Crippen LogP contribution in [0, 0.1) is 0 Å². The van der Waals surface area contributed by atoms with E-state index in [1.165, 1.54) is 0 Å². The molecule has 3 rings (SSSR count). The van der Waals surface area contributed by atoms with Crippen LogP contribution in [0.25, 0.3) is 11.4 Å². The molecule has 1 aromatic carbocycles. The number of thioether (sulfide) groups is 1. The van der Waals surface area contributed by atoms with Crippen LogP contribution in [0.15, 0.2) is 28.8 Å². The molecule has 1 fully saturated rings. The van der Waals surface area contributed by atoms with Gasteiger partial charge >= 0.3 is 0 Å². The lowest BCUT2D eigenvalue weighted by molar-refractivity contribution is 0.340. The maximum atomic E-state index is 5.89. The van der Waals surface area contributed by atoms with Crippen molar-refractivity contribution < 1.29 is 4.52 Å². The molecule has 1 aromatic heterocycles. The highest BCUT2D eigenvalue weighted by atomic mass is 35.5. The Labute approximate surface area is 127 Å². The fourth-order valence-electron chi connectivity index (χ4n) is 2.36. The van der Waals surface area contributed by atoms with E-state index in [4.69, 9.17) is 16.1 Å². The van der Waals surface area contributed by atoms with Crippen molar-refractivity contribution in [1.82, 2.24) is 15.5 Å². The van der Waals surface area contributed by atoms with E-state index in [1.54, 1.807) is 0 Å². The molecular formula is C14H16ClN3OS. The maximum Gasteiger partial charge on any atom is 0.232 e. The van der Waals surface area contributed by atoms with Crippen molar-refractivity contribution in [3.8, 4) is 11.4 Å². The molecule has 4 nitrogen and oxygen atoms in total. The summed E-state index contributed by atoms with van der Waals surface area (Å²) >= 11 is 7.81. The molecule has 0 spiro atoms. The number of aromatic nitrogens is 2. The molecule has 0 amide bonds. The fraction of sp³-hybridized carbons (Fsp3) is 0.429. The normalized spacial score (nSPS) is 22.3.